The number of nitriles is 1. The summed E-state index contributed by atoms with van der Waals surface area (Å²) in [6.07, 6.45) is 2.84. The van der Waals surface area contributed by atoms with Crippen LogP contribution in [0.3, 0.4) is 0 Å². The molecule has 2 heterocycles. The number of aromatic nitrogens is 5. The summed E-state index contributed by atoms with van der Waals surface area (Å²) in [4.78, 5) is 0. The van der Waals surface area contributed by atoms with Crippen molar-refractivity contribution >= 4 is 11.3 Å². The molecule has 19 heavy (non-hydrogen) atoms. The predicted octanol–water partition coefficient (Wildman–Crippen LogP) is 2.46. The van der Waals surface area contributed by atoms with Crippen LogP contribution in [0.2, 0.25) is 0 Å². The Morgan fingerprint density at radius 1 is 1.32 bits per heavy atom. The highest BCUT2D eigenvalue weighted by atomic mass is 32.1. The molecule has 0 N–H and O–H groups in total. The van der Waals surface area contributed by atoms with Crippen molar-refractivity contribution < 1.29 is 0 Å². The SMILES string of the molecule is CCCCc1c(C#N)nnn1-c1nnc(C(C)C)s1. The first-order valence-corrected chi connectivity index (χ1v) is 7.17. The summed E-state index contributed by atoms with van der Waals surface area (Å²) < 4.78 is 1.65. The molecule has 0 radical (unpaired) electrons. The molecule has 2 aromatic rings. The molecule has 2 rings (SSSR count). The molecule has 0 spiro atoms. The molecular weight excluding hydrogens is 260 g/mol. The van der Waals surface area contributed by atoms with E-state index in [4.69, 9.17) is 5.26 Å². The van der Waals surface area contributed by atoms with E-state index in [0.717, 1.165) is 30.0 Å². The molecule has 0 saturated heterocycles. The lowest BCUT2D eigenvalue weighted by Crippen LogP contribution is -2.03. The molecule has 0 atom stereocenters. The Morgan fingerprint density at radius 2 is 2.11 bits per heavy atom. The zero-order valence-corrected chi connectivity index (χ0v) is 12.1. The van der Waals surface area contributed by atoms with E-state index in [-0.39, 0.29) is 0 Å². The van der Waals surface area contributed by atoms with E-state index in [1.807, 2.05) is 0 Å². The third kappa shape index (κ3) is 2.79. The van der Waals surface area contributed by atoms with Crippen molar-refractivity contribution in [3.05, 3.63) is 16.4 Å². The van der Waals surface area contributed by atoms with Gasteiger partial charge in [0.05, 0.1) is 5.69 Å². The van der Waals surface area contributed by atoms with Gasteiger partial charge in [0.15, 0.2) is 5.69 Å². The molecule has 0 fully saturated rings. The molecule has 6 nitrogen and oxygen atoms in total. The van der Waals surface area contributed by atoms with Gasteiger partial charge in [0.2, 0.25) is 5.13 Å². The zero-order chi connectivity index (χ0) is 13.8. The Morgan fingerprint density at radius 3 is 2.68 bits per heavy atom. The Labute approximate surface area is 116 Å². The van der Waals surface area contributed by atoms with Gasteiger partial charge in [-0.15, -0.1) is 15.3 Å². The fraction of sp³-hybridized carbons (Fsp3) is 0.583. The van der Waals surface area contributed by atoms with E-state index in [2.05, 4.69) is 47.3 Å². The van der Waals surface area contributed by atoms with Crippen LogP contribution in [0.15, 0.2) is 0 Å². The molecule has 2 aromatic heterocycles. The van der Waals surface area contributed by atoms with Gasteiger partial charge in [-0.25, -0.2) is 0 Å². The second kappa shape index (κ2) is 5.89. The highest BCUT2D eigenvalue weighted by Crippen LogP contribution is 2.23. The minimum atomic E-state index is 0.337. The quantitative estimate of drug-likeness (QED) is 0.838. The van der Waals surface area contributed by atoms with Crippen LogP contribution in [0, 0.1) is 11.3 Å². The summed E-state index contributed by atoms with van der Waals surface area (Å²) in [6, 6.07) is 2.09. The molecule has 0 aliphatic carbocycles. The van der Waals surface area contributed by atoms with Gasteiger partial charge in [-0.1, -0.05) is 43.7 Å². The van der Waals surface area contributed by atoms with E-state index < -0.39 is 0 Å². The van der Waals surface area contributed by atoms with Gasteiger partial charge in [-0.3, -0.25) is 0 Å². The van der Waals surface area contributed by atoms with Crippen LogP contribution in [0.5, 0.6) is 0 Å². The lowest BCUT2D eigenvalue weighted by molar-refractivity contribution is 0.705. The van der Waals surface area contributed by atoms with Gasteiger partial charge >= 0.3 is 0 Å². The zero-order valence-electron chi connectivity index (χ0n) is 11.3. The van der Waals surface area contributed by atoms with Crippen LogP contribution in [-0.2, 0) is 6.42 Å². The maximum absolute atomic E-state index is 9.07. The number of unbranched alkanes of at least 4 members (excludes halogenated alkanes) is 1. The smallest absolute Gasteiger partial charge is 0.191 e. The Kier molecular flexibility index (Phi) is 4.22. The topological polar surface area (TPSA) is 80.3 Å². The van der Waals surface area contributed by atoms with E-state index in [0.29, 0.717) is 16.7 Å². The van der Waals surface area contributed by atoms with Crippen molar-refractivity contribution in [1.82, 2.24) is 25.2 Å². The van der Waals surface area contributed by atoms with Gasteiger partial charge in [-0.05, 0) is 12.8 Å². The van der Waals surface area contributed by atoms with Gasteiger partial charge < -0.3 is 0 Å². The average molecular weight is 276 g/mol. The summed E-state index contributed by atoms with van der Waals surface area (Å²) >= 11 is 1.49. The summed E-state index contributed by atoms with van der Waals surface area (Å²) in [6.45, 7) is 6.26. The van der Waals surface area contributed by atoms with E-state index >= 15 is 0 Å². The van der Waals surface area contributed by atoms with Crippen molar-refractivity contribution in [3.63, 3.8) is 0 Å². The fourth-order valence-corrected chi connectivity index (χ4v) is 2.48. The molecule has 0 bridgehead atoms. The van der Waals surface area contributed by atoms with Crippen molar-refractivity contribution in [1.29, 1.82) is 5.26 Å². The summed E-state index contributed by atoms with van der Waals surface area (Å²) in [5, 5.41) is 27.0. The van der Waals surface area contributed by atoms with E-state index in [9.17, 15) is 0 Å². The molecule has 7 heteroatoms. The van der Waals surface area contributed by atoms with Crippen molar-refractivity contribution in [3.8, 4) is 11.2 Å². The number of nitrogens with zero attached hydrogens (tertiary/aromatic N) is 6. The van der Waals surface area contributed by atoms with E-state index in [1.54, 1.807) is 4.68 Å². The maximum Gasteiger partial charge on any atom is 0.234 e. The van der Waals surface area contributed by atoms with Gasteiger partial charge in [0.1, 0.15) is 11.1 Å². The maximum atomic E-state index is 9.07. The van der Waals surface area contributed by atoms with Crippen LogP contribution in [-0.4, -0.2) is 25.2 Å². The summed E-state index contributed by atoms with van der Waals surface area (Å²) in [7, 11) is 0. The number of hydrogen-bond acceptors (Lipinski definition) is 6. The molecule has 0 amide bonds. The normalized spacial score (nSPS) is 10.9. The van der Waals surface area contributed by atoms with Crippen LogP contribution in [0.1, 0.15) is 55.9 Å². The fourth-order valence-electron chi connectivity index (χ4n) is 1.66. The molecule has 100 valence electrons. The minimum absolute atomic E-state index is 0.337. The number of hydrogen-bond donors (Lipinski definition) is 0. The van der Waals surface area contributed by atoms with E-state index in [1.165, 1.54) is 11.3 Å². The Balaban J connectivity index is 2.38. The predicted molar refractivity (Wildman–Crippen MR) is 72.2 cm³/mol. The lowest BCUT2D eigenvalue weighted by Gasteiger charge is -2.01. The highest BCUT2D eigenvalue weighted by molar-refractivity contribution is 7.13. The van der Waals surface area contributed by atoms with Gasteiger partial charge in [-0.2, -0.15) is 9.94 Å². The second-order valence-corrected chi connectivity index (χ2v) is 5.58. The standard InChI is InChI=1S/C12H16N6S/c1-4-5-6-10-9(7-13)14-17-18(10)12-16-15-11(19-12)8(2)3/h8H,4-6H2,1-3H3. The van der Waals surface area contributed by atoms with Crippen molar-refractivity contribution in [2.24, 2.45) is 0 Å². The Bertz CT molecular complexity index is 592. The summed E-state index contributed by atoms with van der Waals surface area (Å²) in [5.74, 6) is 0.337. The van der Waals surface area contributed by atoms with Gasteiger partial charge in [0, 0.05) is 5.92 Å². The highest BCUT2D eigenvalue weighted by Gasteiger charge is 2.17. The first-order valence-electron chi connectivity index (χ1n) is 6.35. The molecular formula is C12H16N6S. The summed E-state index contributed by atoms with van der Waals surface area (Å²) in [5.41, 5.74) is 1.21. The van der Waals surface area contributed by atoms with Crippen LogP contribution >= 0.6 is 11.3 Å². The molecule has 0 aliphatic rings. The van der Waals surface area contributed by atoms with Crippen molar-refractivity contribution in [2.45, 2.75) is 46.0 Å². The molecule has 0 saturated carbocycles. The van der Waals surface area contributed by atoms with Gasteiger partial charge in [0.25, 0.3) is 0 Å². The third-order valence-corrected chi connectivity index (χ3v) is 3.94. The van der Waals surface area contributed by atoms with Crippen molar-refractivity contribution in [2.75, 3.05) is 0 Å². The third-order valence-electron chi connectivity index (χ3n) is 2.74. The average Bonchev–Trinajstić information content (AvgIpc) is 3.02. The molecule has 0 aromatic carbocycles. The lowest BCUT2D eigenvalue weighted by atomic mass is 10.2. The van der Waals surface area contributed by atoms with Crippen LogP contribution < -0.4 is 0 Å². The molecule has 0 aliphatic heterocycles. The molecule has 0 unspecified atom stereocenters. The monoisotopic (exact) mass is 276 g/mol. The largest absolute Gasteiger partial charge is 0.234 e. The van der Waals surface area contributed by atoms with Crippen LogP contribution in [0.4, 0.5) is 0 Å². The second-order valence-electron chi connectivity index (χ2n) is 4.59. The first kappa shape index (κ1) is 13.6. The Hall–Kier alpha value is -1.81. The minimum Gasteiger partial charge on any atom is -0.191 e. The first-order chi connectivity index (χ1) is 9.17. The van der Waals surface area contributed by atoms with Crippen LogP contribution in [0.25, 0.3) is 5.13 Å². The number of rotatable bonds is 5.